The summed E-state index contributed by atoms with van der Waals surface area (Å²) in [4.78, 5) is 4.31. The number of hydrogen-bond donors (Lipinski definition) is 2. The van der Waals surface area contributed by atoms with Gasteiger partial charge in [-0.15, -0.1) is 0 Å². The zero-order valence-electron chi connectivity index (χ0n) is 10.9. The molecule has 0 bridgehead atoms. The number of thioether (sulfide) groups is 1. The van der Waals surface area contributed by atoms with Crippen molar-refractivity contribution in [2.24, 2.45) is 10.7 Å². The number of aliphatic imine (C=N–C) groups is 1. The van der Waals surface area contributed by atoms with Gasteiger partial charge in [-0.25, -0.2) is 0 Å². The molecule has 0 aliphatic heterocycles. The van der Waals surface area contributed by atoms with E-state index < -0.39 is 0 Å². The smallest absolute Gasteiger partial charge is 0.188 e. The molecule has 0 unspecified atom stereocenters. The summed E-state index contributed by atoms with van der Waals surface area (Å²) in [5.41, 5.74) is 5.74. The monoisotopic (exact) mass is 247 g/mol. The van der Waals surface area contributed by atoms with Gasteiger partial charge in [-0.3, -0.25) is 4.99 Å². The van der Waals surface area contributed by atoms with Crippen molar-refractivity contribution in [3.63, 3.8) is 0 Å². The molecule has 0 spiro atoms. The molecule has 0 aromatic heterocycles. The van der Waals surface area contributed by atoms with Gasteiger partial charge in [0, 0.05) is 24.5 Å². The molecule has 0 heterocycles. The van der Waals surface area contributed by atoms with Crippen LogP contribution in [0.4, 0.5) is 0 Å². The van der Waals surface area contributed by atoms with Crippen molar-refractivity contribution in [3.8, 4) is 0 Å². The fraction of sp³-hybridized carbons (Fsp3) is 0.909. The lowest BCUT2D eigenvalue weighted by atomic mass is 10.2. The summed E-state index contributed by atoms with van der Waals surface area (Å²) in [5, 5.41) is 3.08. The molecule has 0 fully saturated rings. The maximum absolute atomic E-state index is 5.74. The molecule has 0 aliphatic rings. The third-order valence-electron chi connectivity index (χ3n) is 2.16. The van der Waals surface area contributed by atoms with Crippen molar-refractivity contribution in [1.29, 1.82) is 0 Å². The molecule has 5 heteroatoms. The topological polar surface area (TPSA) is 59.6 Å². The molecule has 0 radical (unpaired) electrons. The molecule has 0 atom stereocenters. The highest BCUT2D eigenvalue weighted by Crippen LogP contribution is 2.20. The van der Waals surface area contributed by atoms with Crippen molar-refractivity contribution < 1.29 is 4.74 Å². The van der Waals surface area contributed by atoms with E-state index in [0.29, 0.717) is 5.96 Å². The number of hydrogen-bond acceptors (Lipinski definition) is 3. The normalized spacial score (nSPS) is 12.9. The summed E-state index contributed by atoms with van der Waals surface area (Å²) >= 11 is 1.79. The molecule has 0 aromatic rings. The Hall–Kier alpha value is -0.420. The maximum Gasteiger partial charge on any atom is 0.188 e. The first kappa shape index (κ1) is 15.6. The average molecular weight is 247 g/mol. The summed E-state index contributed by atoms with van der Waals surface area (Å²) in [6.45, 7) is 9.40. The number of nitrogens with one attached hydrogen (secondary N) is 1. The van der Waals surface area contributed by atoms with Crippen molar-refractivity contribution in [2.45, 2.75) is 31.9 Å². The molecule has 4 nitrogen and oxygen atoms in total. The van der Waals surface area contributed by atoms with Gasteiger partial charge >= 0.3 is 0 Å². The van der Waals surface area contributed by atoms with Gasteiger partial charge in [0.2, 0.25) is 0 Å². The number of nitrogens with zero attached hydrogens (tertiary/aromatic N) is 1. The Balaban J connectivity index is 3.63. The molecule has 96 valence electrons. The number of rotatable bonds is 8. The summed E-state index contributed by atoms with van der Waals surface area (Å²) in [6, 6.07) is 0. The predicted octanol–water partition coefficient (Wildman–Crippen LogP) is 1.46. The lowest BCUT2D eigenvalue weighted by Gasteiger charge is -2.19. The number of ether oxygens (including phenoxy) is 1. The molecule has 3 N–H and O–H groups in total. The highest BCUT2D eigenvalue weighted by atomic mass is 32.2. The summed E-state index contributed by atoms with van der Waals surface area (Å²) in [5.74, 6) is 0.527. The lowest BCUT2D eigenvalue weighted by molar-refractivity contribution is 0.145. The second kappa shape index (κ2) is 8.70. The summed E-state index contributed by atoms with van der Waals surface area (Å²) in [7, 11) is 0. The summed E-state index contributed by atoms with van der Waals surface area (Å²) < 4.78 is 5.37. The maximum atomic E-state index is 5.74. The van der Waals surface area contributed by atoms with E-state index in [1.165, 1.54) is 0 Å². The quantitative estimate of drug-likeness (QED) is 0.387. The van der Waals surface area contributed by atoms with Gasteiger partial charge in [-0.2, -0.15) is 11.8 Å². The van der Waals surface area contributed by atoms with Crippen LogP contribution in [0, 0.1) is 0 Å². The van der Waals surface area contributed by atoms with Crippen LogP contribution in [0.2, 0.25) is 0 Å². The van der Waals surface area contributed by atoms with E-state index >= 15 is 0 Å². The van der Waals surface area contributed by atoms with Crippen molar-refractivity contribution in [1.82, 2.24) is 5.32 Å². The number of nitrogens with two attached hydrogens (primary N) is 1. The fourth-order valence-electron chi connectivity index (χ4n) is 0.931. The SMILES string of the molecule is CCOCCCNC(N)=NCC(C)(C)SC. The Morgan fingerprint density at radius 2 is 2.19 bits per heavy atom. The van der Waals surface area contributed by atoms with Crippen LogP contribution >= 0.6 is 11.8 Å². The molecule has 0 saturated carbocycles. The van der Waals surface area contributed by atoms with E-state index in [0.717, 1.165) is 32.7 Å². The Kier molecular flexibility index (Phi) is 8.47. The number of guanidine groups is 1. The molecule has 0 rings (SSSR count). The Labute approximate surface area is 103 Å². The minimum atomic E-state index is 0.150. The van der Waals surface area contributed by atoms with E-state index in [4.69, 9.17) is 10.5 Å². The third kappa shape index (κ3) is 8.85. The molecule has 0 saturated heterocycles. The minimum Gasteiger partial charge on any atom is -0.382 e. The van der Waals surface area contributed by atoms with Crippen molar-refractivity contribution in [2.75, 3.05) is 32.6 Å². The van der Waals surface area contributed by atoms with Crippen LogP contribution in [-0.2, 0) is 4.74 Å². The van der Waals surface area contributed by atoms with E-state index in [1.54, 1.807) is 11.8 Å². The largest absolute Gasteiger partial charge is 0.382 e. The molecule has 0 amide bonds. The van der Waals surface area contributed by atoms with Crippen LogP contribution in [0.3, 0.4) is 0 Å². The first-order valence-corrected chi connectivity index (χ1v) is 6.91. The second-order valence-corrected chi connectivity index (χ2v) is 5.66. The molecular weight excluding hydrogens is 222 g/mol. The molecule has 0 aromatic carbocycles. The molecular formula is C11H25N3OS. The molecule has 16 heavy (non-hydrogen) atoms. The second-order valence-electron chi connectivity index (χ2n) is 4.14. The van der Waals surface area contributed by atoms with Crippen LogP contribution < -0.4 is 11.1 Å². The van der Waals surface area contributed by atoms with E-state index in [1.807, 2.05) is 6.92 Å². The third-order valence-corrected chi connectivity index (χ3v) is 3.39. The molecule has 0 aliphatic carbocycles. The van der Waals surface area contributed by atoms with Crippen molar-refractivity contribution in [3.05, 3.63) is 0 Å². The predicted molar refractivity (Wildman–Crippen MR) is 73.2 cm³/mol. The van der Waals surface area contributed by atoms with Gasteiger partial charge < -0.3 is 15.8 Å². The van der Waals surface area contributed by atoms with Gasteiger partial charge in [0.25, 0.3) is 0 Å². The van der Waals surface area contributed by atoms with Gasteiger partial charge in [-0.05, 0) is 33.4 Å². The van der Waals surface area contributed by atoms with Crippen LogP contribution in [-0.4, -0.2) is 43.3 Å². The van der Waals surface area contributed by atoms with Crippen LogP contribution in [0.1, 0.15) is 27.2 Å². The van der Waals surface area contributed by atoms with Crippen LogP contribution in [0.25, 0.3) is 0 Å². The lowest BCUT2D eigenvalue weighted by Crippen LogP contribution is -2.34. The minimum absolute atomic E-state index is 0.150. The highest BCUT2D eigenvalue weighted by Gasteiger charge is 2.14. The van der Waals surface area contributed by atoms with Gasteiger partial charge in [0.1, 0.15) is 0 Å². The average Bonchev–Trinajstić information content (AvgIpc) is 2.26. The van der Waals surface area contributed by atoms with Gasteiger partial charge in [0.05, 0.1) is 6.54 Å². The first-order valence-electron chi connectivity index (χ1n) is 5.68. The standard InChI is InChI=1S/C11H25N3OS/c1-5-15-8-6-7-13-10(12)14-9-11(2,3)16-4/h5-9H2,1-4H3,(H3,12,13,14). The van der Waals surface area contributed by atoms with E-state index in [-0.39, 0.29) is 4.75 Å². The fourth-order valence-corrected chi connectivity index (χ4v) is 1.12. The zero-order valence-corrected chi connectivity index (χ0v) is 11.7. The van der Waals surface area contributed by atoms with E-state index in [2.05, 4.69) is 30.4 Å². The van der Waals surface area contributed by atoms with Gasteiger partial charge in [0.15, 0.2) is 5.96 Å². The van der Waals surface area contributed by atoms with Crippen LogP contribution in [0.5, 0.6) is 0 Å². The Bertz CT molecular complexity index is 207. The Morgan fingerprint density at radius 3 is 2.75 bits per heavy atom. The Morgan fingerprint density at radius 1 is 1.50 bits per heavy atom. The first-order chi connectivity index (χ1) is 7.52. The van der Waals surface area contributed by atoms with E-state index in [9.17, 15) is 0 Å². The zero-order chi connectivity index (χ0) is 12.4. The van der Waals surface area contributed by atoms with Crippen molar-refractivity contribution >= 4 is 17.7 Å². The van der Waals surface area contributed by atoms with Gasteiger partial charge in [-0.1, -0.05) is 0 Å². The summed E-state index contributed by atoms with van der Waals surface area (Å²) in [6.07, 6.45) is 3.04. The van der Waals surface area contributed by atoms with Crippen LogP contribution in [0.15, 0.2) is 4.99 Å². The highest BCUT2D eigenvalue weighted by molar-refractivity contribution is 7.99.